The summed E-state index contributed by atoms with van der Waals surface area (Å²) in [6.07, 6.45) is 0. The van der Waals surface area contributed by atoms with Gasteiger partial charge in [0, 0.05) is 31.8 Å². The van der Waals surface area contributed by atoms with Crippen LogP contribution in [-0.4, -0.2) is 37.8 Å². The van der Waals surface area contributed by atoms with E-state index in [1.807, 2.05) is 6.92 Å². The predicted octanol–water partition coefficient (Wildman–Crippen LogP) is 0.731. The predicted molar refractivity (Wildman–Crippen MR) is 69.3 cm³/mol. The second kappa shape index (κ2) is 5.79. The van der Waals surface area contributed by atoms with Crippen LogP contribution in [0.25, 0.3) is 0 Å². The van der Waals surface area contributed by atoms with Crippen molar-refractivity contribution < 1.29 is 19.0 Å². The van der Waals surface area contributed by atoms with E-state index in [9.17, 15) is 4.79 Å². The van der Waals surface area contributed by atoms with Crippen molar-refractivity contribution in [1.29, 1.82) is 0 Å². The average Bonchev–Trinajstić information content (AvgIpc) is 2.89. The van der Waals surface area contributed by atoms with Crippen molar-refractivity contribution in [3.63, 3.8) is 0 Å². The highest BCUT2D eigenvalue weighted by molar-refractivity contribution is 5.77. The Morgan fingerprint density at radius 3 is 2.74 bits per heavy atom. The Labute approximate surface area is 112 Å². The monoisotopic (exact) mass is 266 g/mol. The van der Waals surface area contributed by atoms with Crippen LogP contribution in [-0.2, 0) is 11.3 Å². The molecule has 0 aliphatic carbocycles. The van der Waals surface area contributed by atoms with Crippen LogP contribution in [0.1, 0.15) is 12.5 Å². The van der Waals surface area contributed by atoms with Crippen LogP contribution in [0.15, 0.2) is 12.1 Å². The molecule has 0 radical (unpaired) electrons. The van der Waals surface area contributed by atoms with Gasteiger partial charge in [-0.05, 0) is 13.0 Å². The van der Waals surface area contributed by atoms with E-state index in [1.54, 1.807) is 24.1 Å². The van der Waals surface area contributed by atoms with Crippen molar-refractivity contribution >= 4 is 5.91 Å². The van der Waals surface area contributed by atoms with E-state index in [1.165, 1.54) is 0 Å². The molecule has 6 nitrogen and oxygen atoms in total. The third-order valence-electron chi connectivity index (χ3n) is 3.03. The molecule has 0 atom stereocenters. The summed E-state index contributed by atoms with van der Waals surface area (Å²) in [5.74, 6) is 1.75. The molecule has 1 aromatic carbocycles. The van der Waals surface area contributed by atoms with Crippen LogP contribution < -0.4 is 19.9 Å². The van der Waals surface area contributed by atoms with Gasteiger partial charge in [-0.3, -0.25) is 4.79 Å². The zero-order chi connectivity index (χ0) is 13.8. The molecule has 0 saturated heterocycles. The molecule has 1 aliphatic rings. The van der Waals surface area contributed by atoms with E-state index >= 15 is 0 Å². The van der Waals surface area contributed by atoms with Crippen LogP contribution in [0.4, 0.5) is 0 Å². The number of amides is 1. The highest BCUT2D eigenvalue weighted by atomic mass is 16.7. The number of benzene rings is 1. The lowest BCUT2D eigenvalue weighted by Gasteiger charge is -2.16. The first kappa shape index (κ1) is 13.5. The maximum Gasteiger partial charge on any atom is 0.260 e. The van der Waals surface area contributed by atoms with E-state index in [0.717, 1.165) is 5.56 Å². The third-order valence-corrected chi connectivity index (χ3v) is 3.03. The number of likely N-dealkylation sites (N-methyl/N-ethyl adjacent to an activating group) is 1. The van der Waals surface area contributed by atoms with Crippen molar-refractivity contribution in [1.82, 2.24) is 4.90 Å². The van der Waals surface area contributed by atoms with Crippen LogP contribution >= 0.6 is 0 Å². The third kappa shape index (κ3) is 2.90. The molecule has 1 amide bonds. The molecule has 2 N–H and O–H groups in total. The van der Waals surface area contributed by atoms with Crippen molar-refractivity contribution in [3.05, 3.63) is 17.7 Å². The van der Waals surface area contributed by atoms with Crippen molar-refractivity contribution in [3.8, 4) is 17.2 Å². The smallest absolute Gasteiger partial charge is 0.260 e. The molecular formula is C13H18N2O4. The van der Waals surface area contributed by atoms with Crippen LogP contribution in [0.3, 0.4) is 0 Å². The van der Waals surface area contributed by atoms with Gasteiger partial charge in [0.15, 0.2) is 18.1 Å². The largest absolute Gasteiger partial charge is 0.483 e. The van der Waals surface area contributed by atoms with Crippen LogP contribution in [0.2, 0.25) is 0 Å². The number of fused-ring (bicyclic) bond motifs is 1. The molecule has 0 unspecified atom stereocenters. The molecule has 0 fully saturated rings. The van der Waals surface area contributed by atoms with Gasteiger partial charge in [0.25, 0.3) is 5.91 Å². The second-order valence-corrected chi connectivity index (χ2v) is 4.21. The Bertz CT molecular complexity index is 476. The van der Waals surface area contributed by atoms with Gasteiger partial charge in [-0.2, -0.15) is 0 Å². The highest BCUT2D eigenvalue weighted by Crippen LogP contribution is 2.37. The first-order chi connectivity index (χ1) is 9.15. The minimum atomic E-state index is -0.0804. The van der Waals surface area contributed by atoms with E-state index in [0.29, 0.717) is 30.3 Å². The molecule has 104 valence electrons. The van der Waals surface area contributed by atoms with Gasteiger partial charge in [-0.15, -0.1) is 0 Å². The molecule has 0 saturated carbocycles. The van der Waals surface area contributed by atoms with Gasteiger partial charge in [-0.25, -0.2) is 0 Å². The van der Waals surface area contributed by atoms with E-state index in [4.69, 9.17) is 19.9 Å². The summed E-state index contributed by atoms with van der Waals surface area (Å²) >= 11 is 0. The fourth-order valence-electron chi connectivity index (χ4n) is 1.69. The summed E-state index contributed by atoms with van der Waals surface area (Å²) < 4.78 is 16.1. The van der Waals surface area contributed by atoms with Crippen molar-refractivity contribution in [2.75, 3.05) is 27.0 Å². The quantitative estimate of drug-likeness (QED) is 0.850. The fourth-order valence-corrected chi connectivity index (χ4v) is 1.69. The van der Waals surface area contributed by atoms with E-state index < -0.39 is 0 Å². The fraction of sp³-hybridized carbons (Fsp3) is 0.462. The minimum absolute atomic E-state index is 0.0169. The molecule has 2 rings (SSSR count). The normalized spacial score (nSPS) is 12.4. The average molecular weight is 266 g/mol. The molecule has 6 heteroatoms. The van der Waals surface area contributed by atoms with Gasteiger partial charge in [-0.1, -0.05) is 0 Å². The summed E-state index contributed by atoms with van der Waals surface area (Å²) in [4.78, 5) is 13.3. The number of ether oxygens (including phenoxy) is 3. The van der Waals surface area contributed by atoms with Crippen molar-refractivity contribution in [2.24, 2.45) is 5.73 Å². The maximum absolute atomic E-state index is 11.7. The maximum atomic E-state index is 11.7. The molecule has 1 aliphatic heterocycles. The van der Waals surface area contributed by atoms with Crippen LogP contribution in [0, 0.1) is 0 Å². The molecule has 0 spiro atoms. The van der Waals surface area contributed by atoms with Gasteiger partial charge >= 0.3 is 0 Å². The summed E-state index contributed by atoms with van der Waals surface area (Å²) in [5, 5.41) is 0. The summed E-state index contributed by atoms with van der Waals surface area (Å²) in [7, 11) is 1.73. The van der Waals surface area contributed by atoms with Gasteiger partial charge in [0.2, 0.25) is 6.79 Å². The lowest BCUT2D eigenvalue weighted by Crippen LogP contribution is -2.31. The minimum Gasteiger partial charge on any atom is -0.483 e. The number of nitrogens with two attached hydrogens (primary N) is 1. The van der Waals surface area contributed by atoms with E-state index in [2.05, 4.69) is 0 Å². The second-order valence-electron chi connectivity index (χ2n) is 4.21. The molecule has 0 aromatic heterocycles. The standard InChI is InChI=1S/C13H18N2O4/c1-3-15(2)13(16)7-17-10-5-12-11(18-8-19-12)4-9(10)6-14/h4-5H,3,6-8,14H2,1-2H3. The number of rotatable bonds is 5. The van der Waals surface area contributed by atoms with Gasteiger partial charge in [0.1, 0.15) is 5.75 Å². The Hall–Kier alpha value is -1.95. The number of hydrogen-bond donors (Lipinski definition) is 1. The summed E-state index contributed by atoms with van der Waals surface area (Å²) in [6, 6.07) is 3.50. The lowest BCUT2D eigenvalue weighted by atomic mass is 10.2. The number of carbonyl (C=O) groups excluding carboxylic acids is 1. The number of nitrogens with zero attached hydrogens (tertiary/aromatic N) is 1. The van der Waals surface area contributed by atoms with Crippen LogP contribution in [0.5, 0.6) is 17.2 Å². The zero-order valence-electron chi connectivity index (χ0n) is 11.1. The molecule has 1 heterocycles. The Morgan fingerprint density at radius 1 is 1.42 bits per heavy atom. The SMILES string of the molecule is CCN(C)C(=O)COc1cc2c(cc1CN)OCO2. The first-order valence-corrected chi connectivity index (χ1v) is 6.15. The zero-order valence-corrected chi connectivity index (χ0v) is 11.1. The van der Waals surface area contributed by atoms with Crippen molar-refractivity contribution in [2.45, 2.75) is 13.5 Å². The van der Waals surface area contributed by atoms with Gasteiger partial charge in [0.05, 0.1) is 0 Å². The first-order valence-electron chi connectivity index (χ1n) is 6.15. The number of hydrogen-bond acceptors (Lipinski definition) is 5. The molecule has 19 heavy (non-hydrogen) atoms. The lowest BCUT2D eigenvalue weighted by molar-refractivity contribution is -0.131. The molecule has 1 aromatic rings. The Morgan fingerprint density at radius 2 is 2.11 bits per heavy atom. The molecule has 0 bridgehead atoms. The Kier molecular flexibility index (Phi) is 4.11. The summed E-state index contributed by atoms with van der Waals surface area (Å²) in [5.41, 5.74) is 6.45. The van der Waals surface area contributed by atoms with E-state index in [-0.39, 0.29) is 19.3 Å². The Balaban J connectivity index is 2.09. The highest BCUT2D eigenvalue weighted by Gasteiger charge is 2.18. The van der Waals surface area contributed by atoms with Gasteiger partial charge < -0.3 is 24.8 Å². The summed E-state index contributed by atoms with van der Waals surface area (Å²) in [6.45, 7) is 3.04. The topological polar surface area (TPSA) is 74.0 Å². The molecular weight excluding hydrogens is 248 g/mol. The number of carbonyl (C=O) groups is 1.